The van der Waals surface area contributed by atoms with Crippen LogP contribution in [0.2, 0.25) is 5.02 Å². The van der Waals surface area contributed by atoms with Crippen molar-refractivity contribution in [3.8, 4) is 0 Å². The highest BCUT2D eigenvalue weighted by molar-refractivity contribution is 6.31. The number of pyridine rings is 1. The summed E-state index contributed by atoms with van der Waals surface area (Å²) in [4.78, 5) is 34.1. The van der Waals surface area contributed by atoms with E-state index in [4.69, 9.17) is 11.6 Å². The molecule has 0 unspecified atom stereocenters. The number of amides is 3. The van der Waals surface area contributed by atoms with Gasteiger partial charge in [-0.2, -0.15) is 0 Å². The van der Waals surface area contributed by atoms with Gasteiger partial charge in [-0.05, 0) is 36.5 Å². The number of anilines is 1. The van der Waals surface area contributed by atoms with E-state index in [0.717, 1.165) is 16.5 Å². The minimum atomic E-state index is -0.852. The number of hydrogen-bond acceptors (Lipinski definition) is 3. The lowest BCUT2D eigenvalue weighted by atomic mass is 9.65. The van der Waals surface area contributed by atoms with Crippen molar-refractivity contribution in [1.82, 2.24) is 15.3 Å². The highest BCUT2D eigenvalue weighted by Crippen LogP contribution is 2.50. The Morgan fingerprint density at radius 2 is 1.96 bits per heavy atom. The maximum Gasteiger partial charge on any atom is 0.329 e. The van der Waals surface area contributed by atoms with Gasteiger partial charge in [0, 0.05) is 22.8 Å². The number of hydrogen-bond donors (Lipinski definition) is 2. The molecule has 3 aromatic rings. The van der Waals surface area contributed by atoms with E-state index in [-0.39, 0.29) is 11.8 Å². The van der Waals surface area contributed by atoms with Crippen LogP contribution in [0.1, 0.15) is 24.3 Å². The van der Waals surface area contributed by atoms with Crippen LogP contribution in [0.4, 0.5) is 10.5 Å². The molecule has 6 nitrogen and oxygen atoms in total. The van der Waals surface area contributed by atoms with Crippen molar-refractivity contribution in [2.45, 2.75) is 24.3 Å². The molecule has 1 aliphatic carbocycles. The van der Waals surface area contributed by atoms with Gasteiger partial charge >= 0.3 is 6.03 Å². The third-order valence-electron chi connectivity index (χ3n) is 5.38. The first-order chi connectivity index (χ1) is 12.6. The Labute approximate surface area is 154 Å². The standard InChI is InChI=1S/C19H15ClN4O2/c20-14-4-2-1-3-13(14)12-7-19(8-12)17(25)24(18(26)23-19)15-10-21-9-11-5-6-22-16(11)15/h1-6,9-10,12,22H,7-8H2,(H,23,26). The zero-order valence-corrected chi connectivity index (χ0v) is 14.5. The molecule has 2 N–H and O–H groups in total. The Morgan fingerprint density at radius 3 is 2.77 bits per heavy atom. The lowest BCUT2D eigenvalue weighted by Crippen LogP contribution is -2.56. The number of halogens is 1. The monoisotopic (exact) mass is 366 g/mol. The molecule has 2 aliphatic rings. The van der Waals surface area contributed by atoms with Gasteiger partial charge < -0.3 is 10.3 Å². The largest absolute Gasteiger partial charge is 0.359 e. The van der Waals surface area contributed by atoms with Crippen LogP contribution in [0.25, 0.3) is 10.9 Å². The summed E-state index contributed by atoms with van der Waals surface area (Å²) in [7, 11) is 0. The Balaban J connectivity index is 1.46. The number of H-pyrrole nitrogens is 1. The molecule has 7 heteroatoms. The summed E-state index contributed by atoms with van der Waals surface area (Å²) < 4.78 is 0. The normalized spacial score (nSPS) is 25.0. The summed E-state index contributed by atoms with van der Waals surface area (Å²) in [6, 6.07) is 9.09. The molecule has 1 aromatic carbocycles. The van der Waals surface area contributed by atoms with Crippen molar-refractivity contribution in [3.05, 3.63) is 59.5 Å². The van der Waals surface area contributed by atoms with Crippen molar-refractivity contribution in [2.24, 2.45) is 0 Å². The molecule has 130 valence electrons. The lowest BCUT2D eigenvalue weighted by Gasteiger charge is -2.43. The van der Waals surface area contributed by atoms with E-state index in [0.29, 0.717) is 23.6 Å². The molecule has 1 saturated heterocycles. The molecular weight excluding hydrogens is 352 g/mol. The summed E-state index contributed by atoms with van der Waals surface area (Å²) in [6.45, 7) is 0. The second-order valence-electron chi connectivity index (χ2n) is 6.88. The highest BCUT2D eigenvalue weighted by atomic mass is 35.5. The van der Waals surface area contributed by atoms with Gasteiger partial charge in [0.15, 0.2) is 0 Å². The van der Waals surface area contributed by atoms with Gasteiger partial charge in [0.1, 0.15) is 5.54 Å². The van der Waals surface area contributed by atoms with Crippen LogP contribution in [-0.4, -0.2) is 27.4 Å². The van der Waals surface area contributed by atoms with Crippen LogP contribution in [0.3, 0.4) is 0 Å². The third-order valence-corrected chi connectivity index (χ3v) is 5.73. The molecule has 0 radical (unpaired) electrons. The molecular formula is C19H15ClN4O2. The first kappa shape index (κ1) is 15.4. The van der Waals surface area contributed by atoms with E-state index >= 15 is 0 Å². The smallest absolute Gasteiger partial charge is 0.329 e. The number of rotatable bonds is 2. The van der Waals surface area contributed by atoms with Gasteiger partial charge in [0.2, 0.25) is 0 Å². The minimum Gasteiger partial charge on any atom is -0.359 e. The molecule has 5 rings (SSSR count). The SMILES string of the molecule is O=C1NC2(CC(c3ccccc3Cl)C2)C(=O)N1c1cncc2cc[nH]c12. The zero-order valence-electron chi connectivity index (χ0n) is 13.7. The van der Waals surface area contributed by atoms with Gasteiger partial charge in [0.05, 0.1) is 17.4 Å². The van der Waals surface area contributed by atoms with E-state index in [1.54, 1.807) is 18.6 Å². The van der Waals surface area contributed by atoms with Crippen LogP contribution in [0.15, 0.2) is 48.9 Å². The van der Waals surface area contributed by atoms with Gasteiger partial charge in [-0.3, -0.25) is 9.78 Å². The van der Waals surface area contributed by atoms with E-state index in [1.165, 1.54) is 4.90 Å². The van der Waals surface area contributed by atoms with E-state index in [2.05, 4.69) is 15.3 Å². The average Bonchev–Trinajstić information content (AvgIpc) is 3.17. The Morgan fingerprint density at radius 1 is 1.15 bits per heavy atom. The van der Waals surface area contributed by atoms with Gasteiger partial charge in [-0.1, -0.05) is 29.8 Å². The molecule has 0 atom stereocenters. The molecule has 1 saturated carbocycles. The minimum absolute atomic E-state index is 0.160. The number of nitrogens with one attached hydrogen (secondary N) is 2. The van der Waals surface area contributed by atoms with Gasteiger partial charge in [0.25, 0.3) is 5.91 Å². The summed E-state index contributed by atoms with van der Waals surface area (Å²) >= 11 is 6.27. The molecule has 1 spiro atoms. The van der Waals surface area contributed by atoms with Crippen LogP contribution in [0, 0.1) is 0 Å². The van der Waals surface area contributed by atoms with E-state index in [9.17, 15) is 9.59 Å². The fraction of sp³-hybridized carbons (Fsp3) is 0.211. The zero-order chi connectivity index (χ0) is 17.9. The van der Waals surface area contributed by atoms with Crippen LogP contribution in [0.5, 0.6) is 0 Å². The van der Waals surface area contributed by atoms with Crippen LogP contribution in [-0.2, 0) is 4.79 Å². The van der Waals surface area contributed by atoms with Crippen LogP contribution < -0.4 is 10.2 Å². The predicted octanol–water partition coefficient (Wildman–Crippen LogP) is 3.59. The van der Waals surface area contributed by atoms with E-state index in [1.807, 2.05) is 30.3 Å². The fourth-order valence-corrected chi connectivity index (χ4v) is 4.35. The van der Waals surface area contributed by atoms with Gasteiger partial charge in [-0.25, -0.2) is 9.69 Å². The molecule has 2 fully saturated rings. The number of urea groups is 1. The summed E-state index contributed by atoms with van der Waals surface area (Å²) in [6.07, 6.45) is 6.10. The molecule has 2 aromatic heterocycles. The van der Waals surface area contributed by atoms with Crippen molar-refractivity contribution in [2.75, 3.05) is 4.90 Å². The summed E-state index contributed by atoms with van der Waals surface area (Å²) in [5.41, 5.74) is 1.37. The predicted molar refractivity (Wildman–Crippen MR) is 98.3 cm³/mol. The first-order valence-electron chi connectivity index (χ1n) is 8.41. The molecule has 3 amide bonds. The van der Waals surface area contributed by atoms with Crippen molar-refractivity contribution in [3.63, 3.8) is 0 Å². The Bertz CT molecular complexity index is 1050. The van der Waals surface area contributed by atoms with Crippen molar-refractivity contribution >= 4 is 40.1 Å². The second-order valence-corrected chi connectivity index (χ2v) is 7.29. The summed E-state index contributed by atoms with van der Waals surface area (Å²) in [5.74, 6) is -0.0676. The molecule has 26 heavy (non-hydrogen) atoms. The van der Waals surface area contributed by atoms with Crippen LogP contribution >= 0.6 is 11.6 Å². The maximum atomic E-state index is 13.1. The number of aromatic nitrogens is 2. The third kappa shape index (κ3) is 2.02. The number of fused-ring (bicyclic) bond motifs is 1. The molecule has 1 aliphatic heterocycles. The van der Waals surface area contributed by atoms with Crippen molar-refractivity contribution in [1.29, 1.82) is 0 Å². The topological polar surface area (TPSA) is 78.1 Å². The number of carbonyl (C=O) groups excluding carboxylic acids is 2. The second kappa shape index (κ2) is 5.32. The molecule has 0 bridgehead atoms. The van der Waals surface area contributed by atoms with E-state index < -0.39 is 11.6 Å². The first-order valence-corrected chi connectivity index (χ1v) is 8.79. The van der Waals surface area contributed by atoms with Crippen molar-refractivity contribution < 1.29 is 9.59 Å². The number of benzene rings is 1. The number of aromatic amines is 1. The highest BCUT2D eigenvalue weighted by Gasteiger charge is 2.59. The Kier molecular flexibility index (Phi) is 3.15. The maximum absolute atomic E-state index is 13.1. The fourth-order valence-electron chi connectivity index (χ4n) is 4.06. The quantitative estimate of drug-likeness (QED) is 0.680. The lowest BCUT2D eigenvalue weighted by molar-refractivity contribution is -0.125. The summed E-state index contributed by atoms with van der Waals surface area (Å²) in [5, 5.41) is 4.44. The number of carbonyl (C=O) groups is 2. The Hall–Kier alpha value is -2.86. The van der Waals surface area contributed by atoms with Gasteiger partial charge in [-0.15, -0.1) is 0 Å². The number of nitrogens with zero attached hydrogens (tertiary/aromatic N) is 2. The average molecular weight is 367 g/mol. The molecule has 3 heterocycles. The number of imide groups is 1.